The van der Waals surface area contributed by atoms with Gasteiger partial charge < -0.3 is 19.4 Å². The van der Waals surface area contributed by atoms with Gasteiger partial charge in [-0.15, -0.1) is 10.2 Å². The molecule has 1 aromatic carbocycles. The number of methoxy groups -OCH3 is 2. The van der Waals surface area contributed by atoms with Crippen molar-refractivity contribution in [2.75, 3.05) is 20.8 Å². The quantitative estimate of drug-likeness (QED) is 0.809. The average Bonchev–Trinajstić information content (AvgIpc) is 2.99. The Morgan fingerprint density at radius 2 is 2.14 bits per heavy atom. The van der Waals surface area contributed by atoms with Crippen LogP contribution in [0.1, 0.15) is 29.9 Å². The number of rotatable bonds is 8. The predicted octanol–water partition coefficient (Wildman–Crippen LogP) is 2.09. The van der Waals surface area contributed by atoms with Gasteiger partial charge in [-0.3, -0.25) is 0 Å². The van der Waals surface area contributed by atoms with Crippen LogP contribution in [0.25, 0.3) is 0 Å². The molecule has 6 heteroatoms. The molecule has 0 spiro atoms. The summed E-state index contributed by atoms with van der Waals surface area (Å²) in [7, 11) is 3.38. The minimum Gasteiger partial charge on any atom is -0.496 e. The SMILES string of the molecule is COCCn1cnnc1[C@H](C)NCc1ccc(OC)c(C)c1. The van der Waals surface area contributed by atoms with Crippen molar-refractivity contribution in [1.82, 2.24) is 20.1 Å². The lowest BCUT2D eigenvalue weighted by molar-refractivity contribution is 0.185. The van der Waals surface area contributed by atoms with Crippen LogP contribution in [0.2, 0.25) is 0 Å². The Bertz CT molecular complexity index is 598. The highest BCUT2D eigenvalue weighted by atomic mass is 16.5. The number of hydrogen-bond acceptors (Lipinski definition) is 5. The first kappa shape index (κ1) is 16.5. The Kier molecular flexibility index (Phi) is 5.91. The molecule has 0 unspecified atom stereocenters. The van der Waals surface area contributed by atoms with E-state index in [1.807, 2.05) is 17.6 Å². The van der Waals surface area contributed by atoms with Crippen molar-refractivity contribution >= 4 is 0 Å². The van der Waals surface area contributed by atoms with E-state index >= 15 is 0 Å². The van der Waals surface area contributed by atoms with Crippen molar-refractivity contribution in [2.24, 2.45) is 0 Å². The van der Waals surface area contributed by atoms with E-state index in [9.17, 15) is 0 Å². The molecule has 6 nitrogen and oxygen atoms in total. The van der Waals surface area contributed by atoms with Gasteiger partial charge in [-0.25, -0.2) is 0 Å². The summed E-state index contributed by atoms with van der Waals surface area (Å²) < 4.78 is 12.4. The van der Waals surface area contributed by atoms with Gasteiger partial charge in [0.1, 0.15) is 17.9 Å². The molecular formula is C16H24N4O2. The first-order chi connectivity index (χ1) is 10.7. The van der Waals surface area contributed by atoms with Gasteiger partial charge in [0, 0.05) is 20.2 Å². The van der Waals surface area contributed by atoms with Crippen molar-refractivity contribution in [3.63, 3.8) is 0 Å². The number of ether oxygens (including phenoxy) is 2. The van der Waals surface area contributed by atoms with E-state index in [1.165, 1.54) is 5.56 Å². The standard InChI is InChI=1S/C16H24N4O2/c1-12-9-14(5-6-15(12)22-4)10-17-13(2)16-19-18-11-20(16)7-8-21-3/h5-6,9,11,13,17H,7-8,10H2,1-4H3/t13-/m0/s1. The molecule has 1 atom stereocenters. The lowest BCUT2D eigenvalue weighted by Gasteiger charge is -2.15. The molecule has 0 saturated heterocycles. The summed E-state index contributed by atoms with van der Waals surface area (Å²) in [5.74, 6) is 1.83. The first-order valence-electron chi connectivity index (χ1n) is 7.39. The average molecular weight is 304 g/mol. The van der Waals surface area contributed by atoms with E-state index < -0.39 is 0 Å². The fourth-order valence-electron chi connectivity index (χ4n) is 2.37. The number of aromatic nitrogens is 3. The Hall–Kier alpha value is -1.92. The van der Waals surface area contributed by atoms with Crippen LogP contribution >= 0.6 is 0 Å². The highest BCUT2D eigenvalue weighted by Gasteiger charge is 2.12. The van der Waals surface area contributed by atoms with Crippen LogP contribution in [-0.4, -0.2) is 35.6 Å². The van der Waals surface area contributed by atoms with Crippen molar-refractivity contribution in [2.45, 2.75) is 33.0 Å². The minimum absolute atomic E-state index is 0.113. The molecule has 0 aliphatic rings. The van der Waals surface area contributed by atoms with Crippen LogP contribution < -0.4 is 10.1 Å². The number of nitrogens with one attached hydrogen (secondary N) is 1. The van der Waals surface area contributed by atoms with Crippen LogP contribution in [-0.2, 0) is 17.8 Å². The van der Waals surface area contributed by atoms with Gasteiger partial charge in [0.15, 0.2) is 0 Å². The third-order valence-electron chi connectivity index (χ3n) is 3.64. The van der Waals surface area contributed by atoms with Gasteiger partial charge >= 0.3 is 0 Å². The van der Waals surface area contributed by atoms with E-state index in [0.717, 1.165) is 30.2 Å². The first-order valence-corrected chi connectivity index (χ1v) is 7.39. The van der Waals surface area contributed by atoms with E-state index in [4.69, 9.17) is 9.47 Å². The van der Waals surface area contributed by atoms with E-state index in [1.54, 1.807) is 20.5 Å². The van der Waals surface area contributed by atoms with Gasteiger partial charge in [-0.1, -0.05) is 12.1 Å². The van der Waals surface area contributed by atoms with Crippen LogP contribution in [0.5, 0.6) is 5.75 Å². The summed E-state index contributed by atoms with van der Waals surface area (Å²) >= 11 is 0. The van der Waals surface area contributed by atoms with Crippen LogP contribution in [0.15, 0.2) is 24.5 Å². The van der Waals surface area contributed by atoms with Crippen LogP contribution in [0, 0.1) is 6.92 Å². The maximum atomic E-state index is 5.28. The fraction of sp³-hybridized carbons (Fsp3) is 0.500. The van der Waals surface area contributed by atoms with Crippen molar-refractivity contribution < 1.29 is 9.47 Å². The number of hydrogen-bond donors (Lipinski definition) is 1. The van der Waals surface area contributed by atoms with Gasteiger partial charge in [-0.2, -0.15) is 0 Å². The second-order valence-corrected chi connectivity index (χ2v) is 5.28. The van der Waals surface area contributed by atoms with Crippen molar-refractivity contribution in [3.8, 4) is 5.75 Å². The second kappa shape index (κ2) is 7.91. The second-order valence-electron chi connectivity index (χ2n) is 5.28. The Morgan fingerprint density at radius 1 is 1.32 bits per heavy atom. The smallest absolute Gasteiger partial charge is 0.149 e. The van der Waals surface area contributed by atoms with E-state index in [0.29, 0.717) is 6.61 Å². The molecule has 2 rings (SSSR count). The molecule has 0 aliphatic carbocycles. The number of benzene rings is 1. The molecule has 1 heterocycles. The largest absolute Gasteiger partial charge is 0.496 e. The molecule has 2 aromatic rings. The lowest BCUT2D eigenvalue weighted by Crippen LogP contribution is -2.22. The summed E-state index contributed by atoms with van der Waals surface area (Å²) in [6.45, 7) is 6.31. The van der Waals surface area contributed by atoms with Crippen LogP contribution in [0.4, 0.5) is 0 Å². The molecule has 0 radical (unpaired) electrons. The van der Waals surface area contributed by atoms with Crippen molar-refractivity contribution in [1.29, 1.82) is 0 Å². The Balaban J connectivity index is 1.96. The fourth-order valence-corrected chi connectivity index (χ4v) is 2.37. The van der Waals surface area contributed by atoms with Gasteiger partial charge in [-0.05, 0) is 31.0 Å². The molecule has 0 bridgehead atoms. The van der Waals surface area contributed by atoms with E-state index in [2.05, 4.69) is 34.6 Å². The van der Waals surface area contributed by atoms with E-state index in [-0.39, 0.29) is 6.04 Å². The maximum absolute atomic E-state index is 5.28. The van der Waals surface area contributed by atoms with Crippen molar-refractivity contribution in [3.05, 3.63) is 41.5 Å². The highest BCUT2D eigenvalue weighted by molar-refractivity contribution is 5.36. The molecule has 0 aliphatic heterocycles. The number of aryl methyl sites for hydroxylation is 1. The lowest BCUT2D eigenvalue weighted by atomic mass is 10.1. The zero-order valence-electron chi connectivity index (χ0n) is 13.7. The zero-order chi connectivity index (χ0) is 15.9. The molecule has 1 N–H and O–H groups in total. The summed E-state index contributed by atoms with van der Waals surface area (Å²) in [5, 5.41) is 11.7. The Morgan fingerprint density at radius 3 is 2.82 bits per heavy atom. The normalized spacial score (nSPS) is 12.4. The molecule has 0 amide bonds. The van der Waals surface area contributed by atoms with Gasteiger partial charge in [0.25, 0.3) is 0 Å². The van der Waals surface area contributed by atoms with Gasteiger partial charge in [0.05, 0.1) is 19.8 Å². The molecule has 0 saturated carbocycles. The molecule has 1 aromatic heterocycles. The third kappa shape index (κ3) is 4.05. The number of nitrogens with zero attached hydrogens (tertiary/aromatic N) is 3. The summed E-state index contributed by atoms with van der Waals surface area (Å²) in [5.41, 5.74) is 2.35. The molecule has 22 heavy (non-hydrogen) atoms. The van der Waals surface area contributed by atoms with Crippen LogP contribution in [0.3, 0.4) is 0 Å². The highest BCUT2D eigenvalue weighted by Crippen LogP contribution is 2.19. The summed E-state index contributed by atoms with van der Waals surface area (Å²) in [6.07, 6.45) is 1.74. The Labute approximate surface area is 131 Å². The summed E-state index contributed by atoms with van der Waals surface area (Å²) in [4.78, 5) is 0. The van der Waals surface area contributed by atoms with Gasteiger partial charge in [0.2, 0.25) is 0 Å². The maximum Gasteiger partial charge on any atom is 0.149 e. The molecule has 0 fully saturated rings. The molecule has 120 valence electrons. The zero-order valence-corrected chi connectivity index (χ0v) is 13.7. The summed E-state index contributed by atoms with van der Waals surface area (Å²) in [6, 6.07) is 6.31. The minimum atomic E-state index is 0.113. The third-order valence-corrected chi connectivity index (χ3v) is 3.64. The topological polar surface area (TPSA) is 61.2 Å². The molecular weight excluding hydrogens is 280 g/mol. The monoisotopic (exact) mass is 304 g/mol. The predicted molar refractivity (Wildman–Crippen MR) is 84.9 cm³/mol.